The van der Waals surface area contributed by atoms with Crippen molar-refractivity contribution in [2.24, 2.45) is 18.4 Å². The maximum absolute atomic E-state index is 13.2. The van der Waals surface area contributed by atoms with Crippen molar-refractivity contribution in [3.63, 3.8) is 0 Å². The molecule has 3 aliphatic rings. The van der Waals surface area contributed by atoms with Crippen LogP contribution in [-0.2, 0) is 18.4 Å². The number of pyridine rings is 1. The highest BCUT2D eigenvalue weighted by atomic mass is 16.2. The Labute approximate surface area is 201 Å². The molecule has 1 unspecified atom stereocenters. The molecule has 1 amide bonds. The van der Waals surface area contributed by atoms with Crippen molar-refractivity contribution < 1.29 is 9.59 Å². The number of carbonyl (C=O) groups is 2. The Bertz CT molecular complexity index is 1390. The van der Waals surface area contributed by atoms with E-state index in [0.717, 1.165) is 24.1 Å². The molecule has 0 aromatic carbocycles. The lowest BCUT2D eigenvalue weighted by molar-refractivity contribution is -0.123. The van der Waals surface area contributed by atoms with E-state index in [1.54, 1.807) is 42.5 Å². The van der Waals surface area contributed by atoms with Crippen molar-refractivity contribution in [2.45, 2.75) is 31.8 Å². The molecule has 35 heavy (non-hydrogen) atoms. The summed E-state index contributed by atoms with van der Waals surface area (Å²) < 4.78 is 1.53. The van der Waals surface area contributed by atoms with Crippen LogP contribution in [0.2, 0.25) is 0 Å². The van der Waals surface area contributed by atoms with Gasteiger partial charge in [-0.05, 0) is 31.2 Å². The molecule has 5 heterocycles. The molecule has 2 aliphatic heterocycles. The fourth-order valence-electron chi connectivity index (χ4n) is 5.12. The van der Waals surface area contributed by atoms with Gasteiger partial charge in [0.25, 0.3) is 0 Å². The van der Waals surface area contributed by atoms with Crippen LogP contribution in [0.25, 0.3) is 0 Å². The number of nitrogens with one attached hydrogen (secondary N) is 2. The molecular weight excluding hydrogens is 446 g/mol. The summed E-state index contributed by atoms with van der Waals surface area (Å²) in [5, 5.41) is 20.5. The van der Waals surface area contributed by atoms with E-state index in [0.29, 0.717) is 42.5 Å². The molecule has 3 aromatic heterocycles. The maximum atomic E-state index is 13.2. The molecule has 1 saturated heterocycles. The molecule has 11 heteroatoms. The van der Waals surface area contributed by atoms with Crippen LogP contribution in [0.15, 0.2) is 36.9 Å². The molecule has 1 aliphatic carbocycles. The van der Waals surface area contributed by atoms with Gasteiger partial charge in [0, 0.05) is 55.9 Å². The highest BCUT2D eigenvalue weighted by Crippen LogP contribution is 2.51. The molecule has 11 nitrogen and oxygen atoms in total. The summed E-state index contributed by atoms with van der Waals surface area (Å²) in [6.07, 6.45) is 7.18. The molecule has 1 saturated carbocycles. The first-order valence-corrected chi connectivity index (χ1v) is 11.6. The van der Waals surface area contributed by atoms with Gasteiger partial charge in [0.2, 0.25) is 11.7 Å². The molecule has 3 aromatic rings. The van der Waals surface area contributed by atoms with Gasteiger partial charge in [-0.3, -0.25) is 19.6 Å². The lowest BCUT2D eigenvalue weighted by Gasteiger charge is -2.21. The first-order chi connectivity index (χ1) is 17.0. The van der Waals surface area contributed by atoms with Crippen molar-refractivity contribution in [3.8, 4) is 6.07 Å². The number of rotatable bonds is 6. The largest absolute Gasteiger partial charge is 0.323 e. The van der Waals surface area contributed by atoms with Gasteiger partial charge < -0.3 is 10.2 Å². The van der Waals surface area contributed by atoms with Crippen LogP contribution >= 0.6 is 0 Å². The number of amides is 1. The fraction of sp³-hybridized carbons (Fsp3) is 0.375. The molecule has 2 fully saturated rings. The zero-order valence-electron chi connectivity index (χ0n) is 19.1. The van der Waals surface area contributed by atoms with Gasteiger partial charge in [0.05, 0.1) is 11.8 Å². The fourth-order valence-corrected chi connectivity index (χ4v) is 5.12. The second kappa shape index (κ2) is 7.95. The second-order valence-corrected chi connectivity index (χ2v) is 9.23. The van der Waals surface area contributed by atoms with E-state index in [1.165, 1.54) is 11.0 Å². The van der Waals surface area contributed by atoms with Crippen LogP contribution in [0.4, 0.5) is 17.3 Å². The van der Waals surface area contributed by atoms with Crippen LogP contribution in [0.3, 0.4) is 0 Å². The number of carbonyl (C=O) groups excluding carboxylic acids is 2. The van der Waals surface area contributed by atoms with Crippen LogP contribution in [0, 0.1) is 22.7 Å². The smallest absolute Gasteiger partial charge is 0.247 e. The standard InChI is InChI=1S/C24H23N9O2/c1-32-18(22(34)21-16-10-26-13-29-17(16)11-28-21)9-20(31-32)30-19-8-15(4-6-27-19)33-7-5-24(12-25,23(33)35)14-2-3-14/h4,6,8-10,13-14,21,28H,2-3,5,7,11H2,1H3,(H,27,30,31)/t21?,24-/m1/s1. The van der Waals surface area contributed by atoms with E-state index in [1.807, 2.05) is 0 Å². The monoisotopic (exact) mass is 469 g/mol. The highest BCUT2D eigenvalue weighted by molar-refractivity contribution is 6.02. The molecule has 2 N–H and O–H groups in total. The Hall–Kier alpha value is -4.17. The van der Waals surface area contributed by atoms with E-state index in [2.05, 4.69) is 36.8 Å². The molecule has 0 radical (unpaired) electrons. The van der Waals surface area contributed by atoms with Crippen molar-refractivity contribution >= 4 is 29.0 Å². The van der Waals surface area contributed by atoms with E-state index in [-0.39, 0.29) is 17.6 Å². The molecular formula is C24H23N9O2. The van der Waals surface area contributed by atoms with Crippen molar-refractivity contribution in [2.75, 3.05) is 16.8 Å². The SMILES string of the molecule is Cn1nc(Nc2cc(N3CC[C@@](C#N)(C4CC4)C3=O)ccn2)cc1C(=O)C1NCc2ncncc21. The second-order valence-electron chi connectivity index (χ2n) is 9.23. The topological polar surface area (TPSA) is 142 Å². The number of hydrogen-bond donors (Lipinski definition) is 2. The Morgan fingerprint density at radius 2 is 2.14 bits per heavy atom. The lowest BCUT2D eigenvalue weighted by atomic mass is 9.83. The minimum Gasteiger partial charge on any atom is -0.323 e. The number of Topliss-reactive ketones (excluding diaryl/α,β-unsaturated/α-hetero) is 1. The summed E-state index contributed by atoms with van der Waals surface area (Å²) in [6, 6.07) is 6.99. The number of nitriles is 1. The molecule has 2 atom stereocenters. The Morgan fingerprint density at radius 1 is 1.29 bits per heavy atom. The summed E-state index contributed by atoms with van der Waals surface area (Å²) >= 11 is 0. The average Bonchev–Trinajstić information content (AvgIpc) is 3.40. The normalized spacial score (nSPS) is 23.3. The number of fused-ring (bicyclic) bond motifs is 1. The Morgan fingerprint density at radius 3 is 2.94 bits per heavy atom. The van der Waals surface area contributed by atoms with E-state index in [9.17, 15) is 14.9 Å². The van der Waals surface area contributed by atoms with Gasteiger partial charge >= 0.3 is 0 Å². The van der Waals surface area contributed by atoms with Crippen LogP contribution in [-0.4, -0.2) is 43.0 Å². The number of aromatic nitrogens is 5. The van der Waals surface area contributed by atoms with Crippen LogP contribution in [0.5, 0.6) is 0 Å². The third kappa shape index (κ3) is 3.45. The zero-order valence-corrected chi connectivity index (χ0v) is 19.1. The summed E-state index contributed by atoms with van der Waals surface area (Å²) in [5.41, 5.74) is 1.81. The van der Waals surface area contributed by atoms with Crippen molar-refractivity contribution in [1.29, 1.82) is 5.26 Å². The molecule has 0 bridgehead atoms. The first kappa shape index (κ1) is 21.4. The van der Waals surface area contributed by atoms with Gasteiger partial charge in [0.1, 0.15) is 29.3 Å². The maximum Gasteiger partial charge on any atom is 0.247 e. The summed E-state index contributed by atoms with van der Waals surface area (Å²) in [5.74, 6) is 0.866. The predicted molar refractivity (Wildman–Crippen MR) is 124 cm³/mol. The molecule has 176 valence electrons. The predicted octanol–water partition coefficient (Wildman–Crippen LogP) is 2.03. The number of ketones is 1. The van der Waals surface area contributed by atoms with Gasteiger partial charge in [-0.25, -0.2) is 15.0 Å². The van der Waals surface area contributed by atoms with Gasteiger partial charge in [-0.1, -0.05) is 0 Å². The van der Waals surface area contributed by atoms with E-state index in [4.69, 9.17) is 0 Å². The molecule has 0 spiro atoms. The van der Waals surface area contributed by atoms with Crippen molar-refractivity contribution in [3.05, 3.63) is 53.9 Å². The van der Waals surface area contributed by atoms with E-state index >= 15 is 0 Å². The molecule has 6 rings (SSSR count). The third-order valence-corrected chi connectivity index (χ3v) is 7.15. The first-order valence-electron chi connectivity index (χ1n) is 11.6. The highest BCUT2D eigenvalue weighted by Gasteiger charge is 2.56. The van der Waals surface area contributed by atoms with Crippen LogP contribution < -0.4 is 15.5 Å². The number of nitrogens with zero attached hydrogens (tertiary/aromatic N) is 7. The Balaban J connectivity index is 1.21. The average molecular weight is 470 g/mol. The minimum atomic E-state index is -0.898. The minimum absolute atomic E-state index is 0.126. The lowest BCUT2D eigenvalue weighted by Crippen LogP contribution is -2.35. The van der Waals surface area contributed by atoms with Gasteiger partial charge in [-0.2, -0.15) is 10.4 Å². The summed E-state index contributed by atoms with van der Waals surface area (Å²) in [6.45, 7) is 1.02. The van der Waals surface area contributed by atoms with E-state index < -0.39 is 11.5 Å². The number of hydrogen-bond acceptors (Lipinski definition) is 9. The van der Waals surface area contributed by atoms with Gasteiger partial charge in [0.15, 0.2) is 5.82 Å². The summed E-state index contributed by atoms with van der Waals surface area (Å²) in [4.78, 5) is 40.7. The Kier molecular flexibility index (Phi) is 4.86. The van der Waals surface area contributed by atoms with Crippen LogP contribution in [0.1, 0.15) is 47.1 Å². The van der Waals surface area contributed by atoms with Crippen molar-refractivity contribution in [1.82, 2.24) is 30.0 Å². The number of aryl methyl sites for hydroxylation is 1. The third-order valence-electron chi connectivity index (χ3n) is 7.15. The van der Waals surface area contributed by atoms with Gasteiger partial charge in [-0.15, -0.1) is 0 Å². The number of anilines is 3. The zero-order chi connectivity index (χ0) is 24.2. The summed E-state index contributed by atoms with van der Waals surface area (Å²) in [7, 11) is 1.71. The quantitative estimate of drug-likeness (QED) is 0.519.